The van der Waals surface area contributed by atoms with Gasteiger partial charge in [-0.2, -0.15) is 0 Å². The van der Waals surface area contributed by atoms with Crippen LogP contribution in [0.1, 0.15) is 50.2 Å². The molecule has 1 saturated carbocycles. The maximum atomic E-state index is 12.9. The van der Waals surface area contributed by atoms with Crippen molar-refractivity contribution in [3.63, 3.8) is 0 Å². The second-order valence-electron chi connectivity index (χ2n) is 7.38. The van der Waals surface area contributed by atoms with Gasteiger partial charge < -0.3 is 4.90 Å². The van der Waals surface area contributed by atoms with Crippen molar-refractivity contribution in [2.45, 2.75) is 62.8 Å². The van der Waals surface area contributed by atoms with Crippen LogP contribution in [-0.2, 0) is 27.7 Å². The zero-order valence-corrected chi connectivity index (χ0v) is 14.9. The van der Waals surface area contributed by atoms with E-state index in [4.69, 9.17) is 0 Å². The highest BCUT2D eigenvalue weighted by Crippen LogP contribution is 2.38. The molecule has 24 heavy (non-hydrogen) atoms. The van der Waals surface area contributed by atoms with Crippen LogP contribution in [-0.4, -0.2) is 26.9 Å². The lowest BCUT2D eigenvalue weighted by molar-refractivity contribution is -0.118. The van der Waals surface area contributed by atoms with Crippen molar-refractivity contribution in [3.8, 4) is 0 Å². The molecule has 2 heterocycles. The number of nitrogens with zero attached hydrogens (tertiary/aromatic N) is 1. The summed E-state index contributed by atoms with van der Waals surface area (Å²) in [4.78, 5) is 14.2. The molecule has 1 aromatic rings. The van der Waals surface area contributed by atoms with Gasteiger partial charge in [-0.3, -0.25) is 4.79 Å². The largest absolute Gasteiger partial charge is 0.312 e. The third kappa shape index (κ3) is 2.65. The Bertz CT molecular complexity index is 788. The van der Waals surface area contributed by atoms with E-state index >= 15 is 0 Å². The molecule has 1 fully saturated rings. The van der Waals surface area contributed by atoms with E-state index in [9.17, 15) is 13.2 Å². The Kier molecular flexibility index (Phi) is 3.92. The van der Waals surface area contributed by atoms with Gasteiger partial charge in [0.15, 0.2) is 0 Å². The van der Waals surface area contributed by atoms with Crippen molar-refractivity contribution in [2.75, 3.05) is 11.4 Å². The Labute approximate surface area is 143 Å². The van der Waals surface area contributed by atoms with Crippen molar-refractivity contribution in [3.05, 3.63) is 23.3 Å². The fourth-order valence-electron chi connectivity index (χ4n) is 4.34. The van der Waals surface area contributed by atoms with Crippen molar-refractivity contribution in [2.24, 2.45) is 5.92 Å². The van der Waals surface area contributed by atoms with E-state index in [1.165, 1.54) is 6.42 Å². The number of nitrogens with one attached hydrogen (secondary N) is 1. The van der Waals surface area contributed by atoms with E-state index < -0.39 is 10.0 Å². The molecule has 3 aliphatic rings. The van der Waals surface area contributed by atoms with Crippen molar-refractivity contribution >= 4 is 21.6 Å². The van der Waals surface area contributed by atoms with Crippen molar-refractivity contribution in [1.29, 1.82) is 0 Å². The molecule has 4 rings (SSSR count). The van der Waals surface area contributed by atoms with Crippen molar-refractivity contribution in [1.82, 2.24) is 4.72 Å². The molecule has 0 spiro atoms. The standard InChI is InChI=1S/C18H24N2O3S/c1-12-4-2-3-5-16(12)19-24(22,23)15-10-13-6-7-17(21)20-9-8-14(11-15)18(13)20/h10-12,16,19H,2-9H2,1H3/t12-,16-/m1/s1. The molecule has 1 aromatic carbocycles. The van der Waals surface area contributed by atoms with Gasteiger partial charge in [-0.1, -0.05) is 19.8 Å². The fourth-order valence-corrected chi connectivity index (χ4v) is 5.82. The first-order chi connectivity index (χ1) is 11.5. The van der Waals surface area contributed by atoms with E-state index in [1.54, 1.807) is 12.1 Å². The van der Waals surface area contributed by atoms with Gasteiger partial charge in [-0.05, 0) is 54.9 Å². The average molecular weight is 348 g/mol. The summed E-state index contributed by atoms with van der Waals surface area (Å²) in [6.07, 6.45) is 6.14. The zero-order valence-electron chi connectivity index (χ0n) is 14.0. The first-order valence-electron chi connectivity index (χ1n) is 8.94. The Morgan fingerprint density at radius 1 is 1.08 bits per heavy atom. The number of sulfonamides is 1. The SMILES string of the molecule is C[C@@H]1CCCC[C@H]1NS(=O)(=O)c1cc2c3c(c1)CCN3C(=O)CC2. The first-order valence-corrected chi connectivity index (χ1v) is 10.4. The fraction of sp³-hybridized carbons (Fsp3) is 0.611. The highest BCUT2D eigenvalue weighted by Gasteiger charge is 2.34. The number of anilines is 1. The monoisotopic (exact) mass is 348 g/mol. The second-order valence-corrected chi connectivity index (χ2v) is 9.09. The summed E-state index contributed by atoms with van der Waals surface area (Å²) in [5, 5.41) is 0. The quantitative estimate of drug-likeness (QED) is 0.912. The van der Waals surface area contributed by atoms with Crippen LogP contribution < -0.4 is 9.62 Å². The van der Waals surface area contributed by atoms with E-state index in [0.717, 1.165) is 42.5 Å². The Hall–Kier alpha value is -1.40. The van der Waals surface area contributed by atoms with Gasteiger partial charge in [0.1, 0.15) is 0 Å². The van der Waals surface area contributed by atoms with E-state index in [-0.39, 0.29) is 11.9 Å². The molecule has 0 aromatic heterocycles. The van der Waals surface area contributed by atoms with Gasteiger partial charge in [0, 0.05) is 19.0 Å². The zero-order chi connectivity index (χ0) is 16.9. The summed E-state index contributed by atoms with van der Waals surface area (Å²) in [6.45, 7) is 2.81. The third-order valence-corrected chi connectivity index (χ3v) is 7.22. The molecule has 2 aliphatic heterocycles. The molecular formula is C18H24N2O3S. The van der Waals surface area contributed by atoms with Crippen molar-refractivity contribution < 1.29 is 13.2 Å². The normalized spacial score (nSPS) is 26.5. The molecule has 0 radical (unpaired) electrons. The van der Waals surface area contributed by atoms with Crippen LogP contribution in [0.15, 0.2) is 17.0 Å². The second kappa shape index (κ2) is 5.85. The van der Waals surface area contributed by atoms with E-state index in [2.05, 4.69) is 11.6 Å². The van der Waals surface area contributed by atoms with Gasteiger partial charge in [0.05, 0.1) is 10.6 Å². The maximum Gasteiger partial charge on any atom is 0.240 e. The minimum Gasteiger partial charge on any atom is -0.312 e. The highest BCUT2D eigenvalue weighted by molar-refractivity contribution is 7.89. The summed E-state index contributed by atoms with van der Waals surface area (Å²) in [5.74, 6) is 0.542. The Morgan fingerprint density at radius 3 is 2.54 bits per heavy atom. The number of hydrogen-bond acceptors (Lipinski definition) is 3. The number of hydrogen-bond donors (Lipinski definition) is 1. The lowest BCUT2D eigenvalue weighted by atomic mass is 9.87. The van der Waals surface area contributed by atoms with Crippen LogP contribution in [0.25, 0.3) is 0 Å². The average Bonchev–Trinajstić information content (AvgIpc) is 2.98. The van der Waals surface area contributed by atoms with E-state index in [1.807, 2.05) is 4.90 Å². The Balaban J connectivity index is 1.66. The molecule has 2 atom stereocenters. The van der Waals surface area contributed by atoms with Crippen LogP contribution >= 0.6 is 0 Å². The number of benzene rings is 1. The molecule has 1 N–H and O–H groups in total. The summed E-state index contributed by atoms with van der Waals surface area (Å²) in [6, 6.07) is 3.58. The van der Waals surface area contributed by atoms with Gasteiger partial charge in [-0.15, -0.1) is 0 Å². The number of amides is 1. The van der Waals surface area contributed by atoms with Crippen LogP contribution in [0.2, 0.25) is 0 Å². The first kappa shape index (κ1) is 16.1. The predicted octanol–water partition coefficient (Wildman–Crippen LogP) is 2.38. The summed E-state index contributed by atoms with van der Waals surface area (Å²) in [7, 11) is -3.51. The smallest absolute Gasteiger partial charge is 0.240 e. The van der Waals surface area contributed by atoms with Gasteiger partial charge in [-0.25, -0.2) is 13.1 Å². The lowest BCUT2D eigenvalue weighted by Crippen LogP contribution is -2.41. The van der Waals surface area contributed by atoms with Crippen LogP contribution in [0.5, 0.6) is 0 Å². The molecule has 6 heteroatoms. The number of aryl methyl sites for hydroxylation is 1. The maximum absolute atomic E-state index is 12.9. The van der Waals surface area contributed by atoms with Gasteiger partial charge in [0.2, 0.25) is 15.9 Å². The molecule has 1 amide bonds. The van der Waals surface area contributed by atoms with Crippen LogP contribution in [0, 0.1) is 5.92 Å². The third-order valence-electron chi connectivity index (χ3n) is 5.75. The molecule has 0 bridgehead atoms. The summed E-state index contributed by atoms with van der Waals surface area (Å²) < 4.78 is 28.7. The Morgan fingerprint density at radius 2 is 1.79 bits per heavy atom. The van der Waals surface area contributed by atoms with Crippen LogP contribution in [0.4, 0.5) is 5.69 Å². The lowest BCUT2D eigenvalue weighted by Gasteiger charge is -2.30. The molecule has 5 nitrogen and oxygen atoms in total. The molecule has 0 unspecified atom stereocenters. The number of rotatable bonds is 3. The molecular weight excluding hydrogens is 324 g/mol. The molecule has 1 aliphatic carbocycles. The predicted molar refractivity (Wildman–Crippen MR) is 92.6 cm³/mol. The molecule has 0 saturated heterocycles. The topological polar surface area (TPSA) is 66.5 Å². The minimum absolute atomic E-state index is 0.0337. The van der Waals surface area contributed by atoms with Crippen LogP contribution in [0.3, 0.4) is 0 Å². The molecule has 130 valence electrons. The van der Waals surface area contributed by atoms with Gasteiger partial charge in [0.25, 0.3) is 0 Å². The van der Waals surface area contributed by atoms with Gasteiger partial charge >= 0.3 is 0 Å². The van der Waals surface area contributed by atoms with E-state index in [0.29, 0.717) is 30.2 Å². The minimum atomic E-state index is -3.51. The summed E-state index contributed by atoms with van der Waals surface area (Å²) >= 11 is 0. The number of carbonyl (C=O) groups is 1. The number of carbonyl (C=O) groups excluding carboxylic acids is 1. The summed E-state index contributed by atoms with van der Waals surface area (Å²) in [5.41, 5.74) is 2.97. The highest BCUT2D eigenvalue weighted by atomic mass is 32.2.